The molecule has 0 amide bonds. The van der Waals surface area contributed by atoms with E-state index in [1.54, 1.807) is 0 Å². The molecule has 1 unspecified atom stereocenters. The Morgan fingerprint density at radius 1 is 1.50 bits per heavy atom. The van der Waals surface area contributed by atoms with Crippen LogP contribution in [-0.2, 0) is 4.74 Å². The molecule has 1 saturated carbocycles. The van der Waals surface area contributed by atoms with Crippen LogP contribution in [0.15, 0.2) is 0 Å². The van der Waals surface area contributed by atoms with Crippen molar-refractivity contribution in [3.8, 4) is 0 Å². The first kappa shape index (κ1) is 8.06. The number of ether oxygens (including phenoxy) is 1. The van der Waals surface area contributed by atoms with Crippen LogP contribution in [0.3, 0.4) is 0 Å². The number of hydrogen-bond acceptors (Lipinski definition) is 1. The molecule has 10 heavy (non-hydrogen) atoms. The molecule has 0 saturated heterocycles. The van der Waals surface area contributed by atoms with E-state index < -0.39 is 0 Å². The van der Waals surface area contributed by atoms with Gasteiger partial charge in [0.1, 0.15) is 0 Å². The molecule has 0 aromatic carbocycles. The second kappa shape index (κ2) is 3.97. The lowest BCUT2D eigenvalue weighted by atomic mass is 9.86. The van der Waals surface area contributed by atoms with E-state index in [2.05, 4.69) is 13.8 Å². The van der Waals surface area contributed by atoms with Gasteiger partial charge in [-0.1, -0.05) is 13.3 Å². The molecular formula is C9H18O. The van der Waals surface area contributed by atoms with Crippen molar-refractivity contribution in [3.63, 3.8) is 0 Å². The number of hydrogen-bond donors (Lipinski definition) is 0. The standard InChI is InChI=1S/C9H18O/c1-3-8(2)10-7-9-5-4-6-9/h8-9H,3-7H2,1-2H3. The zero-order valence-corrected chi connectivity index (χ0v) is 7.10. The summed E-state index contributed by atoms with van der Waals surface area (Å²) in [6.45, 7) is 5.33. The van der Waals surface area contributed by atoms with E-state index in [1.807, 2.05) is 0 Å². The van der Waals surface area contributed by atoms with Crippen LogP contribution in [0.25, 0.3) is 0 Å². The van der Waals surface area contributed by atoms with E-state index in [4.69, 9.17) is 4.74 Å². The molecule has 60 valence electrons. The molecule has 1 aliphatic carbocycles. The van der Waals surface area contributed by atoms with Crippen molar-refractivity contribution in [2.45, 2.75) is 45.6 Å². The average Bonchev–Trinajstić information content (AvgIpc) is 1.84. The van der Waals surface area contributed by atoms with Crippen LogP contribution in [0.5, 0.6) is 0 Å². The van der Waals surface area contributed by atoms with E-state index in [1.165, 1.54) is 19.3 Å². The van der Waals surface area contributed by atoms with Crippen molar-refractivity contribution in [3.05, 3.63) is 0 Å². The highest BCUT2D eigenvalue weighted by atomic mass is 16.5. The maximum Gasteiger partial charge on any atom is 0.0544 e. The van der Waals surface area contributed by atoms with E-state index >= 15 is 0 Å². The summed E-state index contributed by atoms with van der Waals surface area (Å²) in [5.41, 5.74) is 0. The van der Waals surface area contributed by atoms with E-state index in [9.17, 15) is 0 Å². The molecule has 0 heterocycles. The van der Waals surface area contributed by atoms with E-state index in [-0.39, 0.29) is 0 Å². The maximum absolute atomic E-state index is 5.60. The molecule has 0 aliphatic heterocycles. The summed E-state index contributed by atoms with van der Waals surface area (Å²) in [5, 5.41) is 0. The second-order valence-electron chi connectivity index (χ2n) is 3.35. The zero-order chi connectivity index (χ0) is 7.40. The summed E-state index contributed by atoms with van der Waals surface area (Å²) in [6, 6.07) is 0. The summed E-state index contributed by atoms with van der Waals surface area (Å²) < 4.78 is 5.60. The minimum atomic E-state index is 0.473. The Morgan fingerprint density at radius 2 is 2.20 bits per heavy atom. The molecule has 1 heteroatoms. The Morgan fingerprint density at radius 3 is 2.60 bits per heavy atom. The van der Waals surface area contributed by atoms with Gasteiger partial charge in [-0.05, 0) is 32.1 Å². The first-order chi connectivity index (χ1) is 4.83. The van der Waals surface area contributed by atoms with Crippen LogP contribution >= 0.6 is 0 Å². The zero-order valence-electron chi connectivity index (χ0n) is 7.10. The lowest BCUT2D eigenvalue weighted by molar-refractivity contribution is 0.0187. The molecule has 0 radical (unpaired) electrons. The van der Waals surface area contributed by atoms with Crippen LogP contribution < -0.4 is 0 Å². The summed E-state index contributed by atoms with van der Waals surface area (Å²) in [4.78, 5) is 0. The van der Waals surface area contributed by atoms with Gasteiger partial charge in [0.25, 0.3) is 0 Å². The van der Waals surface area contributed by atoms with Gasteiger partial charge in [0.05, 0.1) is 6.10 Å². The van der Waals surface area contributed by atoms with Crippen LogP contribution in [0.2, 0.25) is 0 Å². The van der Waals surface area contributed by atoms with Gasteiger partial charge in [-0.3, -0.25) is 0 Å². The third kappa shape index (κ3) is 2.30. The van der Waals surface area contributed by atoms with Crippen molar-refractivity contribution in [2.24, 2.45) is 5.92 Å². The fraction of sp³-hybridized carbons (Fsp3) is 1.00. The predicted octanol–water partition coefficient (Wildman–Crippen LogP) is 2.60. The Kier molecular flexibility index (Phi) is 3.20. The molecule has 1 aliphatic rings. The smallest absolute Gasteiger partial charge is 0.0544 e. The molecule has 0 aromatic heterocycles. The fourth-order valence-corrected chi connectivity index (χ4v) is 1.08. The largest absolute Gasteiger partial charge is 0.378 e. The van der Waals surface area contributed by atoms with Crippen LogP contribution in [0, 0.1) is 5.92 Å². The Bertz CT molecular complexity index is 82.0. The van der Waals surface area contributed by atoms with Crippen molar-refractivity contribution >= 4 is 0 Å². The van der Waals surface area contributed by atoms with Crippen molar-refractivity contribution < 1.29 is 4.74 Å². The fourth-order valence-electron chi connectivity index (χ4n) is 1.08. The van der Waals surface area contributed by atoms with Crippen LogP contribution in [0.4, 0.5) is 0 Å². The maximum atomic E-state index is 5.60. The number of rotatable bonds is 4. The molecule has 1 nitrogen and oxygen atoms in total. The van der Waals surface area contributed by atoms with Crippen LogP contribution in [-0.4, -0.2) is 12.7 Å². The molecular weight excluding hydrogens is 124 g/mol. The topological polar surface area (TPSA) is 9.23 Å². The van der Waals surface area contributed by atoms with Gasteiger partial charge in [0.2, 0.25) is 0 Å². The molecule has 0 N–H and O–H groups in total. The van der Waals surface area contributed by atoms with Gasteiger partial charge < -0.3 is 4.74 Å². The van der Waals surface area contributed by atoms with Gasteiger partial charge in [-0.2, -0.15) is 0 Å². The summed E-state index contributed by atoms with van der Waals surface area (Å²) in [6.07, 6.45) is 5.84. The average molecular weight is 142 g/mol. The normalized spacial score (nSPS) is 22.2. The highest BCUT2D eigenvalue weighted by Gasteiger charge is 2.17. The highest BCUT2D eigenvalue weighted by Crippen LogP contribution is 2.26. The first-order valence-corrected chi connectivity index (χ1v) is 4.44. The third-order valence-corrected chi connectivity index (χ3v) is 2.42. The Labute approximate surface area is 63.8 Å². The molecule has 1 fully saturated rings. The van der Waals surface area contributed by atoms with Gasteiger partial charge in [0, 0.05) is 6.61 Å². The van der Waals surface area contributed by atoms with Crippen LogP contribution in [0.1, 0.15) is 39.5 Å². The van der Waals surface area contributed by atoms with Crippen molar-refractivity contribution in [2.75, 3.05) is 6.61 Å². The molecule has 0 spiro atoms. The SMILES string of the molecule is CCC(C)OCC1CCC1. The molecule has 0 bridgehead atoms. The minimum absolute atomic E-state index is 0.473. The van der Waals surface area contributed by atoms with Gasteiger partial charge in [-0.25, -0.2) is 0 Å². The summed E-state index contributed by atoms with van der Waals surface area (Å²) in [5.74, 6) is 0.897. The van der Waals surface area contributed by atoms with Gasteiger partial charge >= 0.3 is 0 Å². The lowest BCUT2D eigenvalue weighted by Crippen LogP contribution is -2.20. The van der Waals surface area contributed by atoms with E-state index in [0.717, 1.165) is 18.9 Å². The first-order valence-electron chi connectivity index (χ1n) is 4.44. The molecule has 1 rings (SSSR count). The lowest BCUT2D eigenvalue weighted by Gasteiger charge is -2.26. The third-order valence-electron chi connectivity index (χ3n) is 2.42. The monoisotopic (exact) mass is 142 g/mol. The predicted molar refractivity (Wildman–Crippen MR) is 43.0 cm³/mol. The second-order valence-corrected chi connectivity index (χ2v) is 3.35. The molecule has 1 atom stereocenters. The molecule has 0 aromatic rings. The van der Waals surface area contributed by atoms with Gasteiger partial charge in [0.15, 0.2) is 0 Å². The van der Waals surface area contributed by atoms with Crippen molar-refractivity contribution in [1.29, 1.82) is 0 Å². The minimum Gasteiger partial charge on any atom is -0.378 e. The quantitative estimate of drug-likeness (QED) is 0.586. The van der Waals surface area contributed by atoms with E-state index in [0.29, 0.717) is 6.10 Å². The van der Waals surface area contributed by atoms with Gasteiger partial charge in [-0.15, -0.1) is 0 Å². The highest BCUT2D eigenvalue weighted by molar-refractivity contribution is 4.68. The summed E-state index contributed by atoms with van der Waals surface area (Å²) in [7, 11) is 0. The Hall–Kier alpha value is -0.0400. The summed E-state index contributed by atoms with van der Waals surface area (Å²) >= 11 is 0. The van der Waals surface area contributed by atoms with Crippen molar-refractivity contribution in [1.82, 2.24) is 0 Å². The Balaban J connectivity index is 1.93.